The number of carbonyl (C=O) groups is 1. The van der Waals surface area contributed by atoms with E-state index < -0.39 is 22.8 Å². The monoisotopic (exact) mass is 359 g/mol. The van der Waals surface area contributed by atoms with E-state index in [1.54, 1.807) is 19.0 Å². The zero-order valence-corrected chi connectivity index (χ0v) is 13.4. The maximum Gasteiger partial charge on any atom is 0.417 e. The van der Waals surface area contributed by atoms with E-state index in [9.17, 15) is 18.0 Å². The molecule has 1 aromatic carbocycles. The van der Waals surface area contributed by atoms with E-state index in [1.807, 2.05) is 0 Å². The number of hydrogen-bond acceptors (Lipinski definition) is 4. The first kappa shape index (κ1) is 17.8. The number of aromatic nitrogens is 2. The number of amides is 2. The summed E-state index contributed by atoms with van der Waals surface area (Å²) in [5.41, 5.74) is -0.779. The molecule has 2 rings (SSSR count). The second kappa shape index (κ2) is 6.91. The minimum atomic E-state index is -4.61. The highest BCUT2D eigenvalue weighted by Crippen LogP contribution is 2.36. The van der Waals surface area contributed by atoms with E-state index in [4.69, 9.17) is 11.6 Å². The van der Waals surface area contributed by atoms with Crippen molar-refractivity contribution in [2.24, 2.45) is 0 Å². The predicted octanol–water partition coefficient (Wildman–Crippen LogP) is 3.86. The highest BCUT2D eigenvalue weighted by molar-refractivity contribution is 6.31. The summed E-state index contributed by atoms with van der Waals surface area (Å²) in [6, 6.07) is 2.36. The number of hydrogen-bond donors (Lipinski definition) is 2. The van der Waals surface area contributed by atoms with Gasteiger partial charge in [-0.05, 0) is 18.2 Å². The molecule has 0 fully saturated rings. The van der Waals surface area contributed by atoms with Gasteiger partial charge in [0.1, 0.15) is 0 Å². The third-order valence-corrected chi connectivity index (χ3v) is 3.16. The van der Waals surface area contributed by atoms with Crippen LogP contribution in [0.4, 0.5) is 35.3 Å². The minimum absolute atomic E-state index is 0.0462. The number of halogens is 4. The van der Waals surface area contributed by atoms with Gasteiger partial charge in [-0.3, -0.25) is 0 Å². The standard InChI is InChI=1S/C14H13ClF3N5O/c1-23(2)12-19-6-9(7-20-12)22-13(24)21-8-3-4-11(15)10(5-8)14(16,17)18/h3-7H,1-2H3,(H2,21,22,24). The van der Waals surface area contributed by atoms with Crippen molar-refractivity contribution in [3.63, 3.8) is 0 Å². The summed E-state index contributed by atoms with van der Waals surface area (Å²) in [4.78, 5) is 21.5. The SMILES string of the molecule is CN(C)c1ncc(NC(=O)Nc2ccc(Cl)c(C(F)(F)F)c2)cn1. The Balaban J connectivity index is 2.07. The normalized spacial score (nSPS) is 11.1. The molecular weight excluding hydrogens is 347 g/mol. The van der Waals surface area contributed by atoms with E-state index in [0.717, 1.165) is 12.1 Å². The Morgan fingerprint density at radius 2 is 1.71 bits per heavy atom. The van der Waals surface area contributed by atoms with Crippen molar-refractivity contribution in [1.82, 2.24) is 9.97 Å². The van der Waals surface area contributed by atoms with Crippen molar-refractivity contribution in [2.45, 2.75) is 6.18 Å². The van der Waals surface area contributed by atoms with Crippen LogP contribution in [0.5, 0.6) is 0 Å². The van der Waals surface area contributed by atoms with E-state index in [-0.39, 0.29) is 5.69 Å². The Bertz CT molecular complexity index is 734. The molecule has 0 radical (unpaired) electrons. The van der Waals surface area contributed by atoms with Crippen LogP contribution in [-0.4, -0.2) is 30.1 Å². The van der Waals surface area contributed by atoms with Crippen LogP contribution in [0.3, 0.4) is 0 Å². The van der Waals surface area contributed by atoms with Crippen LogP contribution in [0, 0.1) is 0 Å². The Morgan fingerprint density at radius 1 is 1.12 bits per heavy atom. The fraction of sp³-hybridized carbons (Fsp3) is 0.214. The number of carbonyl (C=O) groups excluding carboxylic acids is 1. The summed E-state index contributed by atoms with van der Waals surface area (Å²) in [5.74, 6) is 0.452. The molecule has 0 saturated heterocycles. The second-order valence-electron chi connectivity index (χ2n) is 4.94. The van der Waals surface area contributed by atoms with E-state index in [0.29, 0.717) is 11.6 Å². The van der Waals surface area contributed by atoms with Gasteiger partial charge in [0, 0.05) is 19.8 Å². The minimum Gasteiger partial charge on any atom is -0.347 e. The molecular formula is C14H13ClF3N5O. The molecule has 0 aliphatic carbocycles. The van der Waals surface area contributed by atoms with E-state index in [1.165, 1.54) is 18.5 Å². The maximum atomic E-state index is 12.8. The first-order valence-electron chi connectivity index (χ1n) is 6.61. The average Bonchev–Trinajstić information content (AvgIpc) is 2.48. The Hall–Kier alpha value is -2.55. The van der Waals surface area contributed by atoms with Crippen LogP contribution < -0.4 is 15.5 Å². The molecule has 0 spiro atoms. The molecule has 2 aromatic rings. The number of alkyl halides is 3. The zero-order valence-electron chi connectivity index (χ0n) is 12.6. The van der Waals surface area contributed by atoms with Gasteiger partial charge >= 0.3 is 12.2 Å². The van der Waals surface area contributed by atoms with Crippen LogP contribution in [0.1, 0.15) is 5.56 Å². The van der Waals surface area contributed by atoms with Crippen LogP contribution in [-0.2, 0) is 6.18 Å². The lowest BCUT2D eigenvalue weighted by Crippen LogP contribution is -2.20. The molecule has 128 valence electrons. The van der Waals surface area contributed by atoms with Gasteiger partial charge in [0.15, 0.2) is 0 Å². The Morgan fingerprint density at radius 3 is 2.25 bits per heavy atom. The zero-order chi connectivity index (χ0) is 17.9. The molecule has 1 heterocycles. The lowest BCUT2D eigenvalue weighted by atomic mass is 10.2. The predicted molar refractivity (Wildman–Crippen MR) is 85.5 cm³/mol. The molecule has 10 heteroatoms. The van der Waals surface area contributed by atoms with E-state index in [2.05, 4.69) is 20.6 Å². The fourth-order valence-corrected chi connectivity index (χ4v) is 1.96. The lowest BCUT2D eigenvalue weighted by Gasteiger charge is -2.13. The second-order valence-corrected chi connectivity index (χ2v) is 5.34. The number of urea groups is 1. The number of benzene rings is 1. The van der Waals surface area contributed by atoms with Gasteiger partial charge in [0.2, 0.25) is 5.95 Å². The molecule has 0 bridgehead atoms. The first-order valence-corrected chi connectivity index (χ1v) is 6.99. The van der Waals surface area contributed by atoms with Crippen molar-refractivity contribution in [3.8, 4) is 0 Å². The molecule has 0 atom stereocenters. The third-order valence-electron chi connectivity index (χ3n) is 2.83. The summed E-state index contributed by atoms with van der Waals surface area (Å²) in [5, 5.41) is 4.27. The summed E-state index contributed by atoms with van der Waals surface area (Å²) in [7, 11) is 3.52. The van der Waals surface area contributed by atoms with Gasteiger partial charge in [-0.15, -0.1) is 0 Å². The molecule has 2 amide bonds. The quantitative estimate of drug-likeness (QED) is 0.873. The molecule has 0 aliphatic heterocycles. The molecule has 6 nitrogen and oxygen atoms in total. The molecule has 0 saturated carbocycles. The van der Waals surface area contributed by atoms with Gasteiger partial charge in [0.05, 0.1) is 28.7 Å². The topological polar surface area (TPSA) is 70.2 Å². The fourth-order valence-electron chi connectivity index (χ4n) is 1.73. The summed E-state index contributed by atoms with van der Waals surface area (Å²) in [6.07, 6.45) is -1.85. The van der Waals surface area contributed by atoms with E-state index >= 15 is 0 Å². The Kier molecular flexibility index (Phi) is 5.13. The van der Waals surface area contributed by atoms with Crippen LogP contribution in [0.25, 0.3) is 0 Å². The van der Waals surface area contributed by atoms with Crippen LogP contribution >= 0.6 is 11.6 Å². The first-order chi connectivity index (χ1) is 11.2. The highest BCUT2D eigenvalue weighted by Gasteiger charge is 2.33. The van der Waals surface area contributed by atoms with Crippen LogP contribution in [0.15, 0.2) is 30.6 Å². The van der Waals surface area contributed by atoms with Crippen molar-refractivity contribution < 1.29 is 18.0 Å². The average molecular weight is 360 g/mol. The van der Waals surface area contributed by atoms with Gasteiger partial charge in [-0.1, -0.05) is 11.6 Å². The van der Waals surface area contributed by atoms with Gasteiger partial charge < -0.3 is 15.5 Å². The molecule has 2 N–H and O–H groups in total. The van der Waals surface area contributed by atoms with Crippen LogP contribution in [0.2, 0.25) is 5.02 Å². The van der Waals surface area contributed by atoms with Crippen molar-refractivity contribution in [1.29, 1.82) is 0 Å². The number of rotatable bonds is 3. The van der Waals surface area contributed by atoms with Crippen molar-refractivity contribution in [2.75, 3.05) is 29.6 Å². The van der Waals surface area contributed by atoms with Gasteiger partial charge in [-0.2, -0.15) is 13.2 Å². The lowest BCUT2D eigenvalue weighted by molar-refractivity contribution is -0.137. The number of anilines is 3. The molecule has 0 aliphatic rings. The maximum absolute atomic E-state index is 12.8. The smallest absolute Gasteiger partial charge is 0.347 e. The van der Waals surface area contributed by atoms with Crippen molar-refractivity contribution >= 4 is 35.0 Å². The molecule has 0 unspecified atom stereocenters. The van der Waals surface area contributed by atoms with Gasteiger partial charge in [0.25, 0.3) is 0 Å². The van der Waals surface area contributed by atoms with Crippen molar-refractivity contribution in [3.05, 3.63) is 41.2 Å². The Labute approximate surface area is 140 Å². The molecule has 24 heavy (non-hydrogen) atoms. The number of nitrogens with zero attached hydrogens (tertiary/aromatic N) is 3. The highest BCUT2D eigenvalue weighted by atomic mass is 35.5. The third kappa shape index (κ3) is 4.48. The number of nitrogens with one attached hydrogen (secondary N) is 2. The van der Waals surface area contributed by atoms with Gasteiger partial charge in [-0.25, -0.2) is 14.8 Å². The summed E-state index contributed by atoms with van der Waals surface area (Å²) < 4.78 is 38.3. The molecule has 1 aromatic heterocycles. The summed E-state index contributed by atoms with van der Waals surface area (Å²) >= 11 is 5.52. The summed E-state index contributed by atoms with van der Waals surface area (Å²) in [6.45, 7) is 0. The largest absolute Gasteiger partial charge is 0.417 e.